The molecule has 0 aromatic heterocycles. The molecule has 0 aliphatic rings. The summed E-state index contributed by atoms with van der Waals surface area (Å²) < 4.78 is 12.9. The van der Waals surface area contributed by atoms with Gasteiger partial charge in [0.05, 0.1) is 12.5 Å². The lowest BCUT2D eigenvalue weighted by Crippen LogP contribution is -2.20. The topological polar surface area (TPSA) is 55.1 Å². The normalized spacial score (nSPS) is 11.8. The molecule has 2 aromatic rings. The molecule has 0 radical (unpaired) electrons. The lowest BCUT2D eigenvalue weighted by molar-refractivity contribution is -0.118. The van der Waals surface area contributed by atoms with Crippen molar-refractivity contribution in [1.82, 2.24) is 0 Å². The van der Waals surface area contributed by atoms with E-state index in [0.29, 0.717) is 0 Å². The maximum Gasteiger partial charge on any atom is 0.219 e. The number of primary amides is 1. The highest BCUT2D eigenvalue weighted by Crippen LogP contribution is 2.22. The fraction of sp³-hybridized carbons (Fsp3) is 0.133. The number of nitrogens with two attached hydrogens (primary N) is 1. The summed E-state index contributed by atoms with van der Waals surface area (Å²) in [5, 5.41) is 3.19. The molecule has 0 saturated carbocycles. The van der Waals surface area contributed by atoms with Crippen molar-refractivity contribution in [1.29, 1.82) is 0 Å². The third kappa shape index (κ3) is 3.81. The number of rotatable bonds is 5. The molecule has 2 aromatic carbocycles. The van der Waals surface area contributed by atoms with Gasteiger partial charge in [0.25, 0.3) is 0 Å². The van der Waals surface area contributed by atoms with E-state index in [9.17, 15) is 9.18 Å². The second kappa shape index (κ2) is 6.00. The van der Waals surface area contributed by atoms with Crippen LogP contribution in [0.2, 0.25) is 0 Å². The lowest BCUT2D eigenvalue weighted by Gasteiger charge is -2.19. The standard InChI is InChI=1S/C15H15FN2O/c16-12-6-8-13(9-7-12)18-14(10-15(17)19)11-4-2-1-3-5-11/h1-9,14,18H,10H2,(H2,17,19)/t14-/m0/s1. The minimum absolute atomic E-state index is 0.182. The number of nitrogens with one attached hydrogen (secondary N) is 1. The highest BCUT2D eigenvalue weighted by Gasteiger charge is 2.13. The van der Waals surface area contributed by atoms with Gasteiger partial charge in [-0.25, -0.2) is 4.39 Å². The molecule has 0 spiro atoms. The Labute approximate surface area is 111 Å². The van der Waals surface area contributed by atoms with Crippen LogP contribution < -0.4 is 11.1 Å². The predicted molar refractivity (Wildman–Crippen MR) is 73.0 cm³/mol. The Morgan fingerprint density at radius 1 is 1.11 bits per heavy atom. The van der Waals surface area contributed by atoms with Crippen LogP contribution in [-0.2, 0) is 4.79 Å². The van der Waals surface area contributed by atoms with Crippen LogP contribution in [0.5, 0.6) is 0 Å². The van der Waals surface area contributed by atoms with E-state index in [-0.39, 0.29) is 24.2 Å². The van der Waals surface area contributed by atoms with Gasteiger partial charge < -0.3 is 11.1 Å². The van der Waals surface area contributed by atoms with Crippen LogP contribution in [0.1, 0.15) is 18.0 Å². The zero-order valence-corrected chi connectivity index (χ0v) is 10.3. The molecule has 1 amide bonds. The first-order valence-electron chi connectivity index (χ1n) is 6.00. The molecule has 3 N–H and O–H groups in total. The molecule has 1 atom stereocenters. The van der Waals surface area contributed by atoms with E-state index >= 15 is 0 Å². The van der Waals surface area contributed by atoms with Crippen molar-refractivity contribution in [2.45, 2.75) is 12.5 Å². The molecule has 0 unspecified atom stereocenters. The minimum atomic E-state index is -0.386. The SMILES string of the molecule is NC(=O)C[C@H](Nc1ccc(F)cc1)c1ccccc1. The lowest BCUT2D eigenvalue weighted by atomic mass is 10.0. The largest absolute Gasteiger partial charge is 0.378 e. The molecule has 0 bridgehead atoms. The van der Waals surface area contributed by atoms with Crippen molar-refractivity contribution in [3.63, 3.8) is 0 Å². The van der Waals surface area contributed by atoms with E-state index in [1.807, 2.05) is 30.3 Å². The van der Waals surface area contributed by atoms with E-state index in [1.165, 1.54) is 12.1 Å². The van der Waals surface area contributed by atoms with Crippen molar-refractivity contribution in [2.24, 2.45) is 5.73 Å². The van der Waals surface area contributed by atoms with Crippen LogP contribution in [0.3, 0.4) is 0 Å². The molecule has 0 aliphatic heterocycles. The van der Waals surface area contributed by atoms with Crippen LogP contribution in [0, 0.1) is 5.82 Å². The van der Waals surface area contributed by atoms with Gasteiger partial charge in [-0.3, -0.25) is 4.79 Å². The van der Waals surface area contributed by atoms with Gasteiger partial charge in [-0.1, -0.05) is 30.3 Å². The van der Waals surface area contributed by atoms with Gasteiger partial charge in [0.2, 0.25) is 5.91 Å². The first-order valence-corrected chi connectivity index (χ1v) is 6.00. The highest BCUT2D eigenvalue weighted by molar-refractivity contribution is 5.75. The Kier molecular flexibility index (Phi) is 4.13. The van der Waals surface area contributed by atoms with E-state index in [2.05, 4.69) is 5.32 Å². The van der Waals surface area contributed by atoms with Gasteiger partial charge in [-0.15, -0.1) is 0 Å². The Balaban J connectivity index is 2.19. The number of hydrogen-bond donors (Lipinski definition) is 2. The van der Waals surface area contributed by atoms with E-state index in [1.54, 1.807) is 12.1 Å². The molecule has 0 saturated heterocycles. The molecular formula is C15H15FN2O. The summed E-state index contributed by atoms with van der Waals surface area (Å²) in [6, 6.07) is 15.3. The zero-order valence-electron chi connectivity index (χ0n) is 10.3. The van der Waals surface area contributed by atoms with Gasteiger partial charge in [-0.2, -0.15) is 0 Å². The van der Waals surface area contributed by atoms with Gasteiger partial charge in [0.1, 0.15) is 5.82 Å². The molecule has 0 fully saturated rings. The minimum Gasteiger partial charge on any atom is -0.378 e. The number of anilines is 1. The van der Waals surface area contributed by atoms with Crippen LogP contribution in [-0.4, -0.2) is 5.91 Å². The monoisotopic (exact) mass is 258 g/mol. The predicted octanol–water partition coefficient (Wildman–Crippen LogP) is 2.85. The Bertz CT molecular complexity index is 540. The molecule has 0 heterocycles. The summed E-state index contributed by atoms with van der Waals surface area (Å²) in [5.74, 6) is -0.680. The average Bonchev–Trinajstić information content (AvgIpc) is 2.41. The van der Waals surface area contributed by atoms with E-state index in [4.69, 9.17) is 5.73 Å². The van der Waals surface area contributed by atoms with Crippen molar-refractivity contribution in [3.8, 4) is 0 Å². The van der Waals surface area contributed by atoms with E-state index in [0.717, 1.165) is 11.3 Å². The van der Waals surface area contributed by atoms with Crippen LogP contribution in [0.15, 0.2) is 54.6 Å². The molecule has 3 nitrogen and oxygen atoms in total. The van der Waals surface area contributed by atoms with Gasteiger partial charge >= 0.3 is 0 Å². The summed E-state index contributed by atoms with van der Waals surface area (Å²) in [4.78, 5) is 11.1. The van der Waals surface area contributed by atoms with Crippen LogP contribution in [0.4, 0.5) is 10.1 Å². The molecule has 98 valence electrons. The number of carbonyl (C=O) groups excluding carboxylic acids is 1. The molecular weight excluding hydrogens is 243 g/mol. The second-order valence-corrected chi connectivity index (χ2v) is 4.28. The average molecular weight is 258 g/mol. The van der Waals surface area contributed by atoms with Crippen molar-refractivity contribution in [2.75, 3.05) is 5.32 Å². The van der Waals surface area contributed by atoms with Crippen LogP contribution >= 0.6 is 0 Å². The number of carbonyl (C=O) groups is 1. The van der Waals surface area contributed by atoms with Gasteiger partial charge in [-0.05, 0) is 29.8 Å². The first-order chi connectivity index (χ1) is 9.15. The van der Waals surface area contributed by atoms with E-state index < -0.39 is 0 Å². The highest BCUT2D eigenvalue weighted by atomic mass is 19.1. The Morgan fingerprint density at radius 2 is 1.74 bits per heavy atom. The number of amides is 1. The Hall–Kier alpha value is -2.36. The Morgan fingerprint density at radius 3 is 2.32 bits per heavy atom. The second-order valence-electron chi connectivity index (χ2n) is 4.28. The quantitative estimate of drug-likeness (QED) is 0.866. The van der Waals surface area contributed by atoms with Crippen LogP contribution in [0.25, 0.3) is 0 Å². The maximum absolute atomic E-state index is 12.9. The van der Waals surface area contributed by atoms with Crippen molar-refractivity contribution < 1.29 is 9.18 Å². The smallest absolute Gasteiger partial charge is 0.219 e. The van der Waals surface area contributed by atoms with Crippen molar-refractivity contribution in [3.05, 3.63) is 66.0 Å². The molecule has 4 heteroatoms. The molecule has 2 rings (SSSR count). The molecule has 0 aliphatic carbocycles. The number of hydrogen-bond acceptors (Lipinski definition) is 2. The van der Waals surface area contributed by atoms with Gasteiger partial charge in [0, 0.05) is 5.69 Å². The fourth-order valence-electron chi connectivity index (χ4n) is 1.89. The number of halogens is 1. The summed E-state index contributed by atoms with van der Waals surface area (Å²) in [7, 11) is 0. The third-order valence-electron chi connectivity index (χ3n) is 2.79. The van der Waals surface area contributed by atoms with Gasteiger partial charge in [0.15, 0.2) is 0 Å². The summed E-state index contributed by atoms with van der Waals surface area (Å²) in [6.45, 7) is 0. The summed E-state index contributed by atoms with van der Waals surface area (Å²) in [6.07, 6.45) is 0.182. The van der Waals surface area contributed by atoms with Crippen molar-refractivity contribution >= 4 is 11.6 Å². The maximum atomic E-state index is 12.9. The summed E-state index contributed by atoms with van der Waals surface area (Å²) in [5.41, 5.74) is 6.98. The fourth-order valence-corrected chi connectivity index (χ4v) is 1.89. The molecule has 19 heavy (non-hydrogen) atoms. The zero-order chi connectivity index (χ0) is 13.7. The first kappa shape index (κ1) is 13.1. The summed E-state index contributed by atoms with van der Waals surface area (Å²) >= 11 is 0. The number of benzene rings is 2. The third-order valence-corrected chi connectivity index (χ3v) is 2.79.